The average molecular weight is 296 g/mol. The molecule has 8 heteroatoms. The van der Waals surface area contributed by atoms with Gasteiger partial charge in [0.15, 0.2) is 19.7 Å². The molecule has 0 aromatic heterocycles. The van der Waals surface area contributed by atoms with Gasteiger partial charge in [0, 0.05) is 18.1 Å². The summed E-state index contributed by atoms with van der Waals surface area (Å²) in [5.74, 6) is 0.498. The van der Waals surface area contributed by atoms with Gasteiger partial charge in [-0.3, -0.25) is 4.90 Å². The molecule has 0 aliphatic carbocycles. The second-order valence-corrected chi connectivity index (χ2v) is 9.85. The molecule has 2 unspecified atom stereocenters. The lowest BCUT2D eigenvalue weighted by Gasteiger charge is -2.40. The van der Waals surface area contributed by atoms with Crippen LogP contribution in [-0.2, 0) is 19.7 Å². The van der Waals surface area contributed by atoms with Crippen molar-refractivity contribution in [3.8, 4) is 0 Å². The molecule has 0 spiro atoms. The average Bonchev–Trinajstić information content (AvgIpc) is 2.78. The molecular formula is C10H20N2O4S2. The van der Waals surface area contributed by atoms with Gasteiger partial charge in [-0.15, -0.1) is 0 Å². The Morgan fingerprint density at radius 3 is 2.28 bits per heavy atom. The minimum atomic E-state index is -3.04. The van der Waals surface area contributed by atoms with E-state index in [4.69, 9.17) is 5.73 Å². The molecule has 106 valence electrons. The third kappa shape index (κ3) is 2.56. The van der Waals surface area contributed by atoms with Gasteiger partial charge in [0.25, 0.3) is 0 Å². The van der Waals surface area contributed by atoms with E-state index in [1.54, 1.807) is 7.05 Å². The maximum absolute atomic E-state index is 11.7. The fraction of sp³-hybridized carbons (Fsp3) is 1.00. The first-order valence-corrected chi connectivity index (χ1v) is 9.68. The van der Waals surface area contributed by atoms with Crippen molar-refractivity contribution in [1.82, 2.24) is 4.90 Å². The molecule has 0 aromatic carbocycles. The molecule has 6 nitrogen and oxygen atoms in total. The minimum absolute atomic E-state index is 0.0452. The first-order chi connectivity index (χ1) is 8.20. The molecular weight excluding hydrogens is 276 g/mol. The normalized spacial score (nSPS) is 38.3. The number of hydrogen-bond acceptors (Lipinski definition) is 6. The summed E-state index contributed by atoms with van der Waals surface area (Å²) in [7, 11) is -4.20. The second-order valence-electron chi connectivity index (χ2n) is 5.44. The minimum Gasteiger partial charge on any atom is -0.329 e. The van der Waals surface area contributed by atoms with E-state index >= 15 is 0 Å². The van der Waals surface area contributed by atoms with E-state index < -0.39 is 25.2 Å². The van der Waals surface area contributed by atoms with Crippen LogP contribution in [0.1, 0.15) is 12.8 Å². The Hall–Kier alpha value is -0.180. The summed E-state index contributed by atoms with van der Waals surface area (Å²) in [5, 5.41) is 0. The van der Waals surface area contributed by atoms with Crippen molar-refractivity contribution in [3.05, 3.63) is 0 Å². The highest BCUT2D eigenvalue weighted by Gasteiger charge is 2.47. The van der Waals surface area contributed by atoms with Gasteiger partial charge in [0.1, 0.15) is 0 Å². The Morgan fingerprint density at radius 1 is 1.22 bits per heavy atom. The van der Waals surface area contributed by atoms with Crippen molar-refractivity contribution in [2.24, 2.45) is 5.73 Å². The fourth-order valence-corrected chi connectivity index (χ4v) is 6.84. The van der Waals surface area contributed by atoms with Crippen LogP contribution in [0.5, 0.6) is 0 Å². The van der Waals surface area contributed by atoms with Crippen molar-refractivity contribution >= 4 is 19.7 Å². The van der Waals surface area contributed by atoms with Crippen LogP contribution in [0, 0.1) is 0 Å². The predicted molar refractivity (Wildman–Crippen MR) is 69.9 cm³/mol. The zero-order valence-electron chi connectivity index (χ0n) is 10.5. The topological polar surface area (TPSA) is 97.5 Å². The molecule has 0 aromatic rings. The van der Waals surface area contributed by atoms with Gasteiger partial charge in [0.05, 0.1) is 23.0 Å². The lowest BCUT2D eigenvalue weighted by Crippen LogP contribution is -2.57. The highest BCUT2D eigenvalue weighted by molar-refractivity contribution is 7.92. The van der Waals surface area contributed by atoms with E-state index in [0.717, 1.165) is 0 Å². The van der Waals surface area contributed by atoms with Crippen LogP contribution in [0.4, 0.5) is 0 Å². The van der Waals surface area contributed by atoms with E-state index in [-0.39, 0.29) is 35.6 Å². The first-order valence-electron chi connectivity index (χ1n) is 6.04. The summed E-state index contributed by atoms with van der Waals surface area (Å²) in [5.41, 5.74) is 5.19. The molecule has 0 saturated carbocycles. The van der Waals surface area contributed by atoms with Crippen molar-refractivity contribution in [1.29, 1.82) is 0 Å². The van der Waals surface area contributed by atoms with E-state index in [1.165, 1.54) is 0 Å². The zero-order chi connectivity index (χ0) is 13.6. The van der Waals surface area contributed by atoms with E-state index in [1.807, 2.05) is 4.90 Å². The molecule has 2 saturated heterocycles. The van der Waals surface area contributed by atoms with Gasteiger partial charge in [-0.05, 0) is 19.9 Å². The van der Waals surface area contributed by atoms with Gasteiger partial charge < -0.3 is 5.73 Å². The molecule has 2 aliphatic rings. The summed E-state index contributed by atoms with van der Waals surface area (Å²) >= 11 is 0. The molecule has 2 atom stereocenters. The van der Waals surface area contributed by atoms with Crippen LogP contribution >= 0.6 is 0 Å². The van der Waals surface area contributed by atoms with Crippen LogP contribution in [0.2, 0.25) is 0 Å². The van der Waals surface area contributed by atoms with E-state index in [0.29, 0.717) is 12.8 Å². The third-order valence-electron chi connectivity index (χ3n) is 4.25. The largest absolute Gasteiger partial charge is 0.329 e. The molecule has 2 N–H and O–H groups in total. The van der Waals surface area contributed by atoms with Crippen LogP contribution in [-0.4, -0.2) is 69.9 Å². The van der Waals surface area contributed by atoms with Gasteiger partial charge in [-0.2, -0.15) is 0 Å². The predicted octanol–water partition coefficient (Wildman–Crippen LogP) is -1.38. The highest BCUT2D eigenvalue weighted by atomic mass is 32.2. The van der Waals surface area contributed by atoms with Gasteiger partial charge >= 0.3 is 0 Å². The molecule has 0 amide bonds. The second kappa shape index (κ2) is 4.43. The van der Waals surface area contributed by atoms with Gasteiger partial charge in [0.2, 0.25) is 0 Å². The SMILES string of the molecule is CN(C1CCS(=O)(=O)C1)C1(CN)CCS(=O)(=O)C1. The monoisotopic (exact) mass is 296 g/mol. The maximum atomic E-state index is 11.7. The number of nitrogens with two attached hydrogens (primary N) is 1. The standard InChI is InChI=1S/C10H20N2O4S2/c1-12(9-2-4-17(13,14)6-9)10(7-11)3-5-18(15,16)8-10/h9H,2-8,11H2,1H3. The summed E-state index contributed by atoms with van der Waals surface area (Å²) in [6.45, 7) is 0.249. The van der Waals surface area contributed by atoms with Crippen LogP contribution in [0.25, 0.3) is 0 Å². The first kappa shape index (κ1) is 14.2. The van der Waals surface area contributed by atoms with E-state index in [9.17, 15) is 16.8 Å². The van der Waals surface area contributed by atoms with Crippen molar-refractivity contribution < 1.29 is 16.8 Å². The van der Waals surface area contributed by atoms with Gasteiger partial charge in [-0.1, -0.05) is 0 Å². The molecule has 2 heterocycles. The Morgan fingerprint density at radius 2 is 1.89 bits per heavy atom. The van der Waals surface area contributed by atoms with Crippen LogP contribution in [0.3, 0.4) is 0 Å². The highest BCUT2D eigenvalue weighted by Crippen LogP contribution is 2.32. The fourth-order valence-electron chi connectivity index (χ4n) is 2.95. The number of likely N-dealkylation sites (N-methyl/N-ethyl adjacent to an activating group) is 1. The summed E-state index contributed by atoms with van der Waals surface area (Å²) in [6.07, 6.45) is 1.07. The van der Waals surface area contributed by atoms with Crippen molar-refractivity contribution in [2.75, 3.05) is 36.6 Å². The summed E-state index contributed by atoms with van der Waals surface area (Å²) < 4.78 is 46.3. The Balaban J connectivity index is 2.20. The Kier molecular flexibility index (Phi) is 3.50. The van der Waals surface area contributed by atoms with Crippen molar-refractivity contribution in [3.63, 3.8) is 0 Å². The number of rotatable bonds is 3. The van der Waals surface area contributed by atoms with Crippen LogP contribution in [0.15, 0.2) is 0 Å². The number of hydrogen-bond donors (Lipinski definition) is 1. The molecule has 2 fully saturated rings. The lowest BCUT2D eigenvalue weighted by atomic mass is 9.95. The molecule has 2 rings (SSSR count). The third-order valence-corrected chi connectivity index (χ3v) is 7.80. The number of sulfone groups is 2. The molecule has 0 bridgehead atoms. The summed E-state index contributed by atoms with van der Waals surface area (Å²) in [6, 6.07) is -0.105. The quantitative estimate of drug-likeness (QED) is 0.689. The van der Waals surface area contributed by atoms with E-state index in [2.05, 4.69) is 0 Å². The Bertz CT molecular complexity index is 528. The summed E-state index contributed by atoms with van der Waals surface area (Å²) in [4.78, 5) is 1.90. The molecule has 2 aliphatic heterocycles. The number of nitrogens with zero attached hydrogens (tertiary/aromatic N) is 1. The van der Waals surface area contributed by atoms with Crippen LogP contribution < -0.4 is 5.73 Å². The van der Waals surface area contributed by atoms with Gasteiger partial charge in [-0.25, -0.2) is 16.8 Å². The Labute approximate surface area is 108 Å². The maximum Gasteiger partial charge on any atom is 0.152 e. The molecule has 0 radical (unpaired) electrons. The lowest BCUT2D eigenvalue weighted by molar-refractivity contribution is 0.109. The molecule has 18 heavy (non-hydrogen) atoms. The van der Waals surface area contributed by atoms with Crippen molar-refractivity contribution in [2.45, 2.75) is 24.4 Å². The smallest absolute Gasteiger partial charge is 0.152 e. The zero-order valence-corrected chi connectivity index (χ0v) is 12.1.